The van der Waals surface area contributed by atoms with Gasteiger partial charge in [-0.1, -0.05) is 39.1 Å². The summed E-state index contributed by atoms with van der Waals surface area (Å²) in [6.45, 7) is 1.33. The Morgan fingerprint density at radius 3 is 2.76 bits per heavy atom. The third kappa shape index (κ3) is 3.07. The largest absolute Gasteiger partial charge is 0.493 e. The van der Waals surface area contributed by atoms with Crippen molar-refractivity contribution >= 4 is 50.5 Å². The van der Waals surface area contributed by atoms with Gasteiger partial charge in [-0.2, -0.15) is 0 Å². The van der Waals surface area contributed by atoms with Crippen LogP contribution in [0.1, 0.15) is 11.1 Å². The van der Waals surface area contributed by atoms with E-state index in [2.05, 4.69) is 27.3 Å². The molecule has 0 aliphatic carbocycles. The van der Waals surface area contributed by atoms with Crippen molar-refractivity contribution in [2.45, 2.75) is 13.0 Å². The molecule has 0 fully saturated rings. The van der Waals surface area contributed by atoms with Crippen LogP contribution in [0.5, 0.6) is 5.75 Å². The van der Waals surface area contributed by atoms with Gasteiger partial charge < -0.3 is 15.8 Å². The van der Waals surface area contributed by atoms with Crippen LogP contribution in [0.3, 0.4) is 0 Å². The average Bonchev–Trinajstić information content (AvgIpc) is 2.89. The minimum atomic E-state index is 0.450. The van der Waals surface area contributed by atoms with Gasteiger partial charge in [-0.25, -0.2) is 0 Å². The predicted molar refractivity (Wildman–Crippen MR) is 91.5 cm³/mol. The number of anilines is 2. The fourth-order valence-electron chi connectivity index (χ4n) is 2.38. The second-order valence-corrected chi connectivity index (χ2v) is 6.59. The van der Waals surface area contributed by atoms with Gasteiger partial charge in [0.25, 0.3) is 0 Å². The Bertz CT molecular complexity index is 707. The fraction of sp³-hybridized carbons (Fsp3) is 0.200. The van der Waals surface area contributed by atoms with Crippen LogP contribution in [0, 0.1) is 0 Å². The maximum absolute atomic E-state index is 6.03. The van der Waals surface area contributed by atoms with Crippen molar-refractivity contribution in [3.63, 3.8) is 0 Å². The summed E-state index contributed by atoms with van der Waals surface area (Å²) in [7, 11) is 0. The first kappa shape index (κ1) is 14.8. The summed E-state index contributed by atoms with van der Waals surface area (Å²) in [6, 6.07) is 7.52. The van der Waals surface area contributed by atoms with Crippen LogP contribution in [0.25, 0.3) is 0 Å². The molecule has 0 atom stereocenters. The van der Waals surface area contributed by atoms with Gasteiger partial charge in [0.1, 0.15) is 5.75 Å². The molecule has 0 radical (unpaired) electrons. The van der Waals surface area contributed by atoms with Gasteiger partial charge in [-0.05, 0) is 29.8 Å². The zero-order valence-corrected chi connectivity index (χ0v) is 14.1. The molecule has 21 heavy (non-hydrogen) atoms. The zero-order chi connectivity index (χ0) is 15.0. The lowest BCUT2D eigenvalue weighted by Gasteiger charge is -2.13. The monoisotopic (exact) mass is 386 g/mol. The van der Waals surface area contributed by atoms with Gasteiger partial charge in [0, 0.05) is 23.0 Å². The lowest BCUT2D eigenvalue weighted by molar-refractivity contribution is 0.354. The van der Waals surface area contributed by atoms with Crippen LogP contribution >= 0.6 is 39.1 Å². The third-order valence-corrected chi connectivity index (χ3v) is 4.57. The first-order valence-corrected chi connectivity index (χ1v) is 8.02. The number of nitrogens with two attached hydrogens (primary N) is 1. The van der Waals surface area contributed by atoms with Crippen LogP contribution in [-0.2, 0) is 13.0 Å². The van der Waals surface area contributed by atoms with E-state index in [1.54, 1.807) is 12.1 Å². The summed E-state index contributed by atoms with van der Waals surface area (Å²) in [5.41, 5.74) is 9.59. The number of halogens is 3. The Balaban J connectivity index is 1.84. The van der Waals surface area contributed by atoms with Crippen LogP contribution in [-0.4, -0.2) is 6.61 Å². The highest BCUT2D eigenvalue weighted by Crippen LogP contribution is 2.35. The number of hydrogen-bond donors (Lipinski definition) is 2. The third-order valence-electron chi connectivity index (χ3n) is 3.39. The smallest absolute Gasteiger partial charge is 0.127 e. The first-order valence-electron chi connectivity index (χ1n) is 6.47. The molecule has 0 saturated heterocycles. The molecule has 0 amide bonds. The molecule has 0 unspecified atom stereocenters. The van der Waals surface area contributed by atoms with E-state index < -0.39 is 0 Å². The van der Waals surface area contributed by atoms with Crippen LogP contribution in [0.2, 0.25) is 10.0 Å². The molecule has 0 spiro atoms. The molecule has 110 valence electrons. The van der Waals surface area contributed by atoms with E-state index in [4.69, 9.17) is 33.7 Å². The van der Waals surface area contributed by atoms with Gasteiger partial charge in [-0.15, -0.1) is 0 Å². The zero-order valence-electron chi connectivity index (χ0n) is 11.1. The summed E-state index contributed by atoms with van der Waals surface area (Å²) in [6.07, 6.45) is 0.941. The minimum absolute atomic E-state index is 0.450. The summed E-state index contributed by atoms with van der Waals surface area (Å²) < 4.78 is 6.75. The lowest BCUT2D eigenvalue weighted by Crippen LogP contribution is -2.04. The molecule has 3 rings (SSSR count). The summed E-state index contributed by atoms with van der Waals surface area (Å²) in [5.74, 6) is 0.962. The number of ether oxygens (including phenoxy) is 1. The van der Waals surface area contributed by atoms with Crippen molar-refractivity contribution < 1.29 is 4.74 Å². The molecule has 1 aliphatic rings. The molecular formula is C15H13BrCl2N2O. The van der Waals surface area contributed by atoms with Crippen molar-refractivity contribution in [1.82, 2.24) is 0 Å². The fourth-order valence-corrected chi connectivity index (χ4v) is 3.27. The maximum Gasteiger partial charge on any atom is 0.127 e. The van der Waals surface area contributed by atoms with E-state index in [1.165, 1.54) is 5.56 Å². The normalized spacial score (nSPS) is 12.9. The first-order chi connectivity index (χ1) is 10.0. The average molecular weight is 388 g/mol. The van der Waals surface area contributed by atoms with Crippen molar-refractivity contribution in [1.29, 1.82) is 0 Å². The van der Waals surface area contributed by atoms with E-state index in [1.807, 2.05) is 6.07 Å². The van der Waals surface area contributed by atoms with Crippen LogP contribution < -0.4 is 15.8 Å². The number of fused-ring (bicyclic) bond motifs is 1. The molecule has 1 aliphatic heterocycles. The summed E-state index contributed by atoms with van der Waals surface area (Å²) in [4.78, 5) is 0. The van der Waals surface area contributed by atoms with Gasteiger partial charge >= 0.3 is 0 Å². The molecular weight excluding hydrogens is 375 g/mol. The van der Waals surface area contributed by atoms with Gasteiger partial charge in [0.2, 0.25) is 0 Å². The van der Waals surface area contributed by atoms with Crippen molar-refractivity contribution in [3.8, 4) is 5.75 Å². The molecule has 1 heterocycles. The van der Waals surface area contributed by atoms with Crippen LogP contribution in [0.4, 0.5) is 11.4 Å². The number of nitrogens with one attached hydrogen (secondary N) is 1. The molecule has 0 bridgehead atoms. The highest BCUT2D eigenvalue weighted by molar-refractivity contribution is 9.10. The Morgan fingerprint density at radius 2 is 1.95 bits per heavy atom. The van der Waals surface area contributed by atoms with E-state index in [0.717, 1.165) is 34.5 Å². The SMILES string of the molecule is Nc1cc(Cl)c(Cl)cc1NCc1cc(Br)cc2c1OCC2. The van der Waals surface area contributed by atoms with Gasteiger partial charge in [0.05, 0.1) is 28.0 Å². The predicted octanol–water partition coefficient (Wildman–Crippen LogP) is 4.89. The number of hydrogen-bond acceptors (Lipinski definition) is 3. The highest BCUT2D eigenvalue weighted by atomic mass is 79.9. The maximum atomic E-state index is 6.03. The lowest BCUT2D eigenvalue weighted by atomic mass is 10.1. The molecule has 6 heteroatoms. The molecule has 3 N–H and O–H groups in total. The number of rotatable bonds is 3. The Labute approximate surface area is 141 Å². The summed E-state index contributed by atoms with van der Waals surface area (Å²) in [5, 5.41) is 4.21. The highest BCUT2D eigenvalue weighted by Gasteiger charge is 2.17. The number of nitrogen functional groups attached to an aromatic ring is 1. The van der Waals surface area contributed by atoms with E-state index in [0.29, 0.717) is 22.3 Å². The van der Waals surface area contributed by atoms with E-state index >= 15 is 0 Å². The summed E-state index contributed by atoms with van der Waals surface area (Å²) >= 11 is 15.5. The van der Waals surface area contributed by atoms with Crippen molar-refractivity contribution in [2.75, 3.05) is 17.7 Å². The van der Waals surface area contributed by atoms with E-state index in [-0.39, 0.29) is 0 Å². The molecule has 3 nitrogen and oxygen atoms in total. The molecule has 2 aromatic carbocycles. The topological polar surface area (TPSA) is 47.3 Å². The van der Waals surface area contributed by atoms with Crippen molar-refractivity contribution in [2.24, 2.45) is 0 Å². The quantitative estimate of drug-likeness (QED) is 0.737. The van der Waals surface area contributed by atoms with Gasteiger partial charge in [0.15, 0.2) is 0 Å². The minimum Gasteiger partial charge on any atom is -0.493 e. The standard InChI is InChI=1S/C15H13BrCl2N2O/c16-10-3-8-1-2-21-15(8)9(4-10)7-20-14-6-12(18)11(17)5-13(14)19/h3-6,20H,1-2,7,19H2. The Hall–Kier alpha value is -1.10. The van der Waals surface area contributed by atoms with Crippen molar-refractivity contribution in [3.05, 3.63) is 49.9 Å². The number of benzene rings is 2. The Kier molecular flexibility index (Phi) is 4.20. The van der Waals surface area contributed by atoms with E-state index in [9.17, 15) is 0 Å². The molecule has 0 saturated carbocycles. The van der Waals surface area contributed by atoms with Crippen LogP contribution in [0.15, 0.2) is 28.7 Å². The second-order valence-electron chi connectivity index (χ2n) is 4.86. The second kappa shape index (κ2) is 5.95. The van der Waals surface area contributed by atoms with Gasteiger partial charge in [-0.3, -0.25) is 0 Å². The molecule has 2 aromatic rings. The molecule has 0 aromatic heterocycles. The Morgan fingerprint density at radius 1 is 1.19 bits per heavy atom.